The van der Waals surface area contributed by atoms with Crippen LogP contribution in [0.3, 0.4) is 0 Å². The van der Waals surface area contributed by atoms with Crippen molar-refractivity contribution in [3.63, 3.8) is 0 Å². The molecule has 0 spiro atoms. The molecule has 2 bridgehead atoms. The van der Waals surface area contributed by atoms with Crippen LogP contribution in [0.2, 0.25) is 0 Å². The third-order valence-corrected chi connectivity index (χ3v) is 6.45. The lowest BCUT2D eigenvalue weighted by Gasteiger charge is -2.42. The van der Waals surface area contributed by atoms with Crippen LogP contribution >= 0.6 is 0 Å². The Balaban J connectivity index is 1.26. The van der Waals surface area contributed by atoms with Crippen LogP contribution in [-0.4, -0.2) is 41.6 Å². The Morgan fingerprint density at radius 3 is 2.50 bits per heavy atom. The minimum Gasteiger partial charge on any atom is -0.363 e. The summed E-state index contributed by atoms with van der Waals surface area (Å²) in [6.45, 7) is 2.78. The number of benzene rings is 2. The second-order valence-corrected chi connectivity index (χ2v) is 8.41. The maximum Gasteiger partial charge on any atom is 0.416 e. The zero-order valence-corrected chi connectivity index (χ0v) is 16.6. The molecule has 2 aliphatic rings. The van der Waals surface area contributed by atoms with E-state index in [1.165, 1.54) is 23.1 Å². The topological polar surface area (TPSA) is 19.4 Å². The van der Waals surface area contributed by atoms with E-state index in [-0.39, 0.29) is 12.1 Å². The molecule has 0 N–H and O–H groups in total. The van der Waals surface area contributed by atoms with Gasteiger partial charge in [0.1, 0.15) is 0 Å². The number of rotatable bonds is 4. The summed E-state index contributed by atoms with van der Waals surface area (Å²) in [4.78, 5) is 8.91. The quantitative estimate of drug-likeness (QED) is 0.592. The molecule has 156 valence electrons. The monoisotopic (exact) mass is 411 g/mol. The first kappa shape index (κ1) is 19.4. The Bertz CT molecular complexity index is 1040. The second-order valence-electron chi connectivity index (χ2n) is 8.41. The predicted octanol–water partition coefficient (Wildman–Crippen LogP) is 5.15. The van der Waals surface area contributed by atoms with E-state index in [0.29, 0.717) is 5.69 Å². The van der Waals surface area contributed by atoms with E-state index in [4.69, 9.17) is 0 Å². The fourth-order valence-corrected chi connectivity index (χ4v) is 5.01. The van der Waals surface area contributed by atoms with Crippen molar-refractivity contribution in [2.24, 2.45) is 0 Å². The zero-order chi connectivity index (χ0) is 20.7. The van der Waals surface area contributed by atoms with Crippen LogP contribution in [0.5, 0.6) is 0 Å². The zero-order valence-electron chi connectivity index (χ0n) is 16.6. The first-order valence-electron chi connectivity index (χ1n) is 10.5. The Kier molecular flexibility index (Phi) is 4.89. The molecule has 5 rings (SSSR count). The normalized spacial score (nSPS) is 22.0. The van der Waals surface area contributed by atoms with Gasteiger partial charge in [0, 0.05) is 55.2 Å². The average molecular weight is 411 g/mol. The predicted molar refractivity (Wildman–Crippen MR) is 113 cm³/mol. The van der Waals surface area contributed by atoms with Gasteiger partial charge in [-0.3, -0.25) is 9.88 Å². The third-order valence-electron chi connectivity index (χ3n) is 6.45. The van der Waals surface area contributed by atoms with Gasteiger partial charge in [0.25, 0.3) is 0 Å². The molecule has 30 heavy (non-hydrogen) atoms. The molecule has 3 aromatic rings. The molecule has 2 unspecified atom stereocenters. The van der Waals surface area contributed by atoms with E-state index in [1.807, 2.05) is 24.5 Å². The number of anilines is 1. The molecule has 6 heteroatoms. The number of hydrogen-bond acceptors (Lipinski definition) is 3. The molecule has 0 saturated carbocycles. The minimum absolute atomic E-state index is 0.285. The van der Waals surface area contributed by atoms with Gasteiger partial charge in [-0.2, -0.15) is 13.2 Å². The molecule has 2 aromatic carbocycles. The van der Waals surface area contributed by atoms with E-state index in [2.05, 4.69) is 33.0 Å². The number of piperazine rings is 1. The fourth-order valence-electron chi connectivity index (χ4n) is 5.01. The highest BCUT2D eigenvalue weighted by molar-refractivity contribution is 5.82. The third kappa shape index (κ3) is 3.76. The molecule has 2 fully saturated rings. The summed E-state index contributed by atoms with van der Waals surface area (Å²) in [5, 5.41) is 2.35. The van der Waals surface area contributed by atoms with Crippen molar-refractivity contribution in [1.82, 2.24) is 9.88 Å². The Labute approximate surface area is 174 Å². The van der Waals surface area contributed by atoms with Crippen LogP contribution in [-0.2, 0) is 12.6 Å². The summed E-state index contributed by atoms with van der Waals surface area (Å²) in [6, 6.07) is 14.9. The first-order chi connectivity index (χ1) is 14.5. The standard InChI is InChI=1S/C24H24F3N3/c25-24(26,27)20-2-1-3-21(13-20)30-22-6-7-23(30)16-29(15-22)11-9-17-4-5-18-8-10-28-14-19(18)12-17/h1-5,8,10,12-14,22-23H,6-7,9,11,15-16H2. The summed E-state index contributed by atoms with van der Waals surface area (Å²) in [7, 11) is 0. The summed E-state index contributed by atoms with van der Waals surface area (Å²) >= 11 is 0. The SMILES string of the molecule is FC(F)(F)c1cccc(N2C3CCC2CN(CCc2ccc4ccncc4c2)C3)c1. The summed E-state index contributed by atoms with van der Waals surface area (Å²) in [6.07, 6.45) is 2.45. The molecule has 1 aromatic heterocycles. The molecule has 2 atom stereocenters. The number of fused-ring (bicyclic) bond motifs is 3. The van der Waals surface area contributed by atoms with Gasteiger partial charge in [-0.15, -0.1) is 0 Å². The van der Waals surface area contributed by atoms with Crippen molar-refractivity contribution in [2.45, 2.75) is 37.5 Å². The number of alkyl halides is 3. The van der Waals surface area contributed by atoms with Crippen LogP contribution in [0.4, 0.5) is 18.9 Å². The van der Waals surface area contributed by atoms with Crippen molar-refractivity contribution in [3.8, 4) is 0 Å². The highest BCUT2D eigenvalue weighted by Crippen LogP contribution is 2.38. The van der Waals surface area contributed by atoms with Crippen LogP contribution in [0.25, 0.3) is 10.8 Å². The van der Waals surface area contributed by atoms with Gasteiger partial charge < -0.3 is 4.90 Å². The fraction of sp³-hybridized carbons (Fsp3) is 0.375. The Morgan fingerprint density at radius 2 is 1.73 bits per heavy atom. The van der Waals surface area contributed by atoms with Crippen molar-refractivity contribution in [3.05, 3.63) is 72.1 Å². The van der Waals surface area contributed by atoms with Crippen molar-refractivity contribution >= 4 is 16.5 Å². The molecular formula is C24H24F3N3. The largest absolute Gasteiger partial charge is 0.416 e. The average Bonchev–Trinajstić information content (AvgIpc) is 3.01. The van der Waals surface area contributed by atoms with Crippen LogP contribution < -0.4 is 4.90 Å². The molecule has 2 saturated heterocycles. The van der Waals surface area contributed by atoms with E-state index in [1.54, 1.807) is 0 Å². The van der Waals surface area contributed by atoms with Crippen molar-refractivity contribution < 1.29 is 13.2 Å². The van der Waals surface area contributed by atoms with Gasteiger partial charge in [0.2, 0.25) is 0 Å². The van der Waals surface area contributed by atoms with Crippen LogP contribution in [0.15, 0.2) is 60.9 Å². The van der Waals surface area contributed by atoms with E-state index in [9.17, 15) is 13.2 Å². The first-order valence-corrected chi connectivity index (χ1v) is 10.5. The highest BCUT2D eigenvalue weighted by atomic mass is 19.4. The van der Waals surface area contributed by atoms with E-state index < -0.39 is 11.7 Å². The molecule has 0 amide bonds. The summed E-state index contributed by atoms with van der Waals surface area (Å²) in [5.74, 6) is 0. The van der Waals surface area contributed by atoms with E-state index >= 15 is 0 Å². The van der Waals surface area contributed by atoms with Crippen LogP contribution in [0, 0.1) is 0 Å². The lowest BCUT2D eigenvalue weighted by atomic mass is 10.1. The minimum atomic E-state index is -4.30. The number of halogens is 3. The Hall–Kier alpha value is -2.60. The molecule has 3 heterocycles. The number of hydrogen-bond donors (Lipinski definition) is 0. The summed E-state index contributed by atoms with van der Waals surface area (Å²) < 4.78 is 39.4. The van der Waals surface area contributed by atoms with Crippen LogP contribution in [0.1, 0.15) is 24.0 Å². The second kappa shape index (κ2) is 7.58. The number of aromatic nitrogens is 1. The lowest BCUT2D eigenvalue weighted by molar-refractivity contribution is -0.137. The van der Waals surface area contributed by atoms with Gasteiger partial charge >= 0.3 is 6.18 Å². The van der Waals surface area contributed by atoms with Crippen molar-refractivity contribution in [1.29, 1.82) is 0 Å². The maximum atomic E-state index is 13.1. The van der Waals surface area contributed by atoms with Gasteiger partial charge in [-0.1, -0.05) is 18.2 Å². The molecule has 0 aliphatic carbocycles. The summed E-state index contributed by atoms with van der Waals surface area (Å²) in [5.41, 5.74) is 1.44. The number of likely N-dealkylation sites (tertiary alicyclic amines) is 1. The number of pyridine rings is 1. The molecule has 2 aliphatic heterocycles. The highest BCUT2D eigenvalue weighted by Gasteiger charge is 2.40. The molecule has 0 radical (unpaired) electrons. The molecular weight excluding hydrogens is 387 g/mol. The Morgan fingerprint density at radius 1 is 0.933 bits per heavy atom. The van der Waals surface area contributed by atoms with E-state index in [0.717, 1.165) is 50.3 Å². The van der Waals surface area contributed by atoms with Gasteiger partial charge in [0.15, 0.2) is 0 Å². The lowest BCUT2D eigenvalue weighted by Crippen LogP contribution is -2.54. The smallest absolute Gasteiger partial charge is 0.363 e. The van der Waals surface area contributed by atoms with Gasteiger partial charge in [0.05, 0.1) is 5.56 Å². The van der Waals surface area contributed by atoms with Gasteiger partial charge in [-0.05, 0) is 60.5 Å². The van der Waals surface area contributed by atoms with Gasteiger partial charge in [-0.25, -0.2) is 0 Å². The molecule has 3 nitrogen and oxygen atoms in total. The van der Waals surface area contributed by atoms with Crippen molar-refractivity contribution in [2.75, 3.05) is 24.5 Å². The maximum absolute atomic E-state index is 13.1. The number of nitrogens with zero attached hydrogens (tertiary/aromatic N) is 3.